The Kier molecular flexibility index (Phi) is 5.54. The topological polar surface area (TPSA) is 128 Å². The number of imidazole rings is 1. The van der Waals surface area contributed by atoms with Crippen LogP contribution < -0.4 is 15.0 Å². The fourth-order valence-electron chi connectivity index (χ4n) is 4.01. The van der Waals surface area contributed by atoms with E-state index in [4.69, 9.17) is 14.5 Å². The number of fused-ring (bicyclic) bond motifs is 1. The van der Waals surface area contributed by atoms with Gasteiger partial charge in [0, 0.05) is 26.2 Å². The summed E-state index contributed by atoms with van der Waals surface area (Å²) in [4.78, 5) is 20.8. The second-order valence-corrected chi connectivity index (χ2v) is 10.1. The third-order valence-electron chi connectivity index (χ3n) is 5.79. The highest BCUT2D eigenvalue weighted by Crippen LogP contribution is 2.28. The first-order valence-electron chi connectivity index (χ1n) is 10.7. The molecule has 5 rings (SSSR count). The van der Waals surface area contributed by atoms with Crippen molar-refractivity contribution in [2.24, 2.45) is 0 Å². The minimum Gasteiger partial charge on any atom is -0.494 e. The van der Waals surface area contributed by atoms with Crippen LogP contribution in [-0.2, 0) is 14.8 Å². The molecule has 0 atom stereocenters. The molecule has 33 heavy (non-hydrogen) atoms. The number of rotatable bonds is 6. The van der Waals surface area contributed by atoms with E-state index in [2.05, 4.69) is 25.2 Å². The molecule has 0 aliphatic carbocycles. The maximum atomic E-state index is 11.7. The zero-order chi connectivity index (χ0) is 23.2. The number of morpholine rings is 1. The maximum Gasteiger partial charge on any atom is 0.242 e. The third-order valence-corrected chi connectivity index (χ3v) is 7.03. The Bertz CT molecular complexity index is 1280. The van der Waals surface area contributed by atoms with Crippen molar-refractivity contribution >= 4 is 33.0 Å². The zero-order valence-electron chi connectivity index (χ0n) is 18.7. The molecule has 0 unspecified atom stereocenters. The smallest absolute Gasteiger partial charge is 0.242 e. The summed E-state index contributed by atoms with van der Waals surface area (Å²) in [6.45, 7) is 5.17. The zero-order valence-corrected chi connectivity index (χ0v) is 19.5. The Balaban J connectivity index is 1.54. The molecule has 4 heterocycles. The Morgan fingerprint density at radius 3 is 2.52 bits per heavy atom. The summed E-state index contributed by atoms with van der Waals surface area (Å²) < 4.78 is 37.7. The van der Waals surface area contributed by atoms with Gasteiger partial charge in [-0.25, -0.2) is 13.4 Å². The molecule has 176 valence electrons. The molecule has 0 bridgehead atoms. The molecule has 2 aliphatic heterocycles. The lowest BCUT2D eigenvalue weighted by Gasteiger charge is -2.37. The standard InChI is InChI=1S/C20H26N8O4S/c1-13-21-17-15(5-4-6-16(17)31-2)28(13)20-24-18(22-14-11-27(12-14)33(3,29)30)23-19(25-20)26-7-9-32-10-8-26/h4-6,14H,7-12H2,1-3H3,(H,22,23,24,25). The van der Waals surface area contributed by atoms with Gasteiger partial charge in [0.05, 0.1) is 38.1 Å². The Morgan fingerprint density at radius 1 is 1.09 bits per heavy atom. The van der Waals surface area contributed by atoms with E-state index < -0.39 is 10.0 Å². The van der Waals surface area contributed by atoms with Crippen LogP contribution >= 0.6 is 0 Å². The lowest BCUT2D eigenvalue weighted by Crippen LogP contribution is -2.56. The number of nitrogens with one attached hydrogen (secondary N) is 1. The van der Waals surface area contributed by atoms with Crippen LogP contribution in [-0.4, -0.2) is 96.0 Å². The van der Waals surface area contributed by atoms with Gasteiger partial charge < -0.3 is 19.7 Å². The summed E-state index contributed by atoms with van der Waals surface area (Å²) in [7, 11) is -1.59. The van der Waals surface area contributed by atoms with Crippen LogP contribution in [0.3, 0.4) is 0 Å². The van der Waals surface area contributed by atoms with Crippen molar-refractivity contribution in [3.63, 3.8) is 0 Å². The van der Waals surface area contributed by atoms with Crippen molar-refractivity contribution in [3.05, 3.63) is 24.0 Å². The van der Waals surface area contributed by atoms with Gasteiger partial charge in [0.15, 0.2) is 0 Å². The summed E-state index contributed by atoms with van der Waals surface area (Å²) >= 11 is 0. The summed E-state index contributed by atoms with van der Waals surface area (Å²) in [5, 5.41) is 3.27. The normalized spacial score (nSPS) is 17.8. The van der Waals surface area contributed by atoms with Crippen LogP contribution in [0.25, 0.3) is 17.0 Å². The fourth-order valence-corrected chi connectivity index (χ4v) is 4.91. The second kappa shape index (κ2) is 8.39. The second-order valence-electron chi connectivity index (χ2n) is 8.10. The van der Waals surface area contributed by atoms with Gasteiger partial charge >= 0.3 is 0 Å². The van der Waals surface area contributed by atoms with E-state index in [9.17, 15) is 8.42 Å². The molecule has 0 amide bonds. The van der Waals surface area contributed by atoms with Gasteiger partial charge in [-0.2, -0.15) is 19.3 Å². The highest BCUT2D eigenvalue weighted by atomic mass is 32.2. The van der Waals surface area contributed by atoms with Crippen molar-refractivity contribution in [2.75, 3.05) is 63.0 Å². The van der Waals surface area contributed by atoms with Crippen molar-refractivity contribution in [2.45, 2.75) is 13.0 Å². The maximum absolute atomic E-state index is 11.7. The number of ether oxygens (including phenoxy) is 2. The number of benzene rings is 1. The third kappa shape index (κ3) is 4.18. The summed E-state index contributed by atoms with van der Waals surface area (Å²) in [5.74, 6) is 2.75. The number of methoxy groups -OCH3 is 1. The first-order valence-corrected chi connectivity index (χ1v) is 12.5. The molecule has 0 radical (unpaired) electrons. The summed E-state index contributed by atoms with van der Waals surface area (Å²) in [6, 6.07) is 5.63. The average Bonchev–Trinajstić information content (AvgIpc) is 3.11. The van der Waals surface area contributed by atoms with Gasteiger partial charge in [-0.1, -0.05) is 6.07 Å². The van der Waals surface area contributed by atoms with Crippen LogP contribution in [0.2, 0.25) is 0 Å². The van der Waals surface area contributed by atoms with Crippen molar-refractivity contribution in [3.8, 4) is 11.7 Å². The highest BCUT2D eigenvalue weighted by Gasteiger charge is 2.34. The van der Waals surface area contributed by atoms with E-state index in [1.54, 1.807) is 7.11 Å². The number of anilines is 2. The number of aromatic nitrogens is 5. The first kappa shape index (κ1) is 21.8. The van der Waals surface area contributed by atoms with Gasteiger partial charge in [0.2, 0.25) is 27.9 Å². The predicted molar refractivity (Wildman–Crippen MR) is 123 cm³/mol. The molecule has 2 aromatic heterocycles. The number of nitrogens with zero attached hydrogens (tertiary/aromatic N) is 7. The van der Waals surface area contributed by atoms with Crippen LogP contribution in [0.5, 0.6) is 5.75 Å². The van der Waals surface area contributed by atoms with Crippen molar-refractivity contribution < 1.29 is 17.9 Å². The Labute approximate surface area is 191 Å². The van der Waals surface area contributed by atoms with Crippen LogP contribution in [0, 0.1) is 6.92 Å². The fraction of sp³-hybridized carbons (Fsp3) is 0.500. The molecule has 2 aliphatic rings. The molecule has 1 aromatic carbocycles. The molecule has 3 aromatic rings. The summed E-state index contributed by atoms with van der Waals surface area (Å²) in [5.41, 5.74) is 1.55. The van der Waals surface area contributed by atoms with Gasteiger partial charge in [-0.15, -0.1) is 0 Å². The number of aryl methyl sites for hydroxylation is 1. The first-order chi connectivity index (χ1) is 15.8. The number of hydrogen-bond acceptors (Lipinski definition) is 10. The monoisotopic (exact) mass is 474 g/mol. The van der Waals surface area contributed by atoms with Crippen molar-refractivity contribution in [1.82, 2.24) is 28.8 Å². The molecule has 1 N–H and O–H groups in total. The quantitative estimate of drug-likeness (QED) is 0.537. The predicted octanol–water partition coefficient (Wildman–Crippen LogP) is 0.420. The van der Waals surface area contributed by atoms with E-state index in [1.807, 2.05) is 29.7 Å². The molecular weight excluding hydrogens is 448 g/mol. The van der Waals surface area contributed by atoms with Gasteiger partial charge in [-0.3, -0.25) is 4.57 Å². The lowest BCUT2D eigenvalue weighted by molar-refractivity contribution is 0.122. The molecule has 0 spiro atoms. The van der Waals surface area contributed by atoms with Crippen LogP contribution in [0.4, 0.5) is 11.9 Å². The van der Waals surface area contributed by atoms with E-state index in [0.717, 1.165) is 11.0 Å². The molecule has 0 saturated carbocycles. The van der Waals surface area contributed by atoms with Crippen molar-refractivity contribution in [1.29, 1.82) is 0 Å². The highest BCUT2D eigenvalue weighted by molar-refractivity contribution is 7.88. The molecular formula is C20H26N8O4S. The van der Waals surface area contributed by atoms with Gasteiger partial charge in [-0.05, 0) is 19.1 Å². The number of sulfonamides is 1. The lowest BCUT2D eigenvalue weighted by atomic mass is 10.2. The Morgan fingerprint density at radius 2 is 1.82 bits per heavy atom. The SMILES string of the molecule is COc1cccc2c1nc(C)n2-c1nc(NC2CN(S(C)(=O)=O)C2)nc(N2CCOCC2)n1. The minimum absolute atomic E-state index is 0.0757. The largest absolute Gasteiger partial charge is 0.494 e. The summed E-state index contributed by atoms with van der Waals surface area (Å²) in [6.07, 6.45) is 1.21. The molecule has 12 nitrogen and oxygen atoms in total. The molecule has 2 saturated heterocycles. The van der Waals surface area contributed by atoms with E-state index in [1.165, 1.54) is 10.6 Å². The molecule has 13 heteroatoms. The van der Waals surface area contributed by atoms with Crippen LogP contribution in [0.15, 0.2) is 18.2 Å². The van der Waals surface area contributed by atoms with E-state index in [0.29, 0.717) is 68.8 Å². The minimum atomic E-state index is -3.20. The van der Waals surface area contributed by atoms with Crippen LogP contribution in [0.1, 0.15) is 5.82 Å². The number of para-hydroxylation sites is 1. The van der Waals surface area contributed by atoms with E-state index in [-0.39, 0.29) is 6.04 Å². The molecule has 2 fully saturated rings. The average molecular weight is 475 g/mol. The van der Waals surface area contributed by atoms with E-state index >= 15 is 0 Å². The van der Waals surface area contributed by atoms with Gasteiger partial charge in [0.25, 0.3) is 0 Å². The van der Waals surface area contributed by atoms with Gasteiger partial charge in [0.1, 0.15) is 17.1 Å². The number of hydrogen-bond donors (Lipinski definition) is 1. The Hall–Kier alpha value is -3.03.